The van der Waals surface area contributed by atoms with Gasteiger partial charge in [0.2, 0.25) is 10.0 Å². The summed E-state index contributed by atoms with van der Waals surface area (Å²) in [5, 5.41) is 2.78. The number of carbonyl (C=O) groups is 2. The number of hydrogen-bond acceptors (Lipinski definition) is 6. The van der Waals surface area contributed by atoms with Gasteiger partial charge in [-0.2, -0.15) is 4.31 Å². The van der Waals surface area contributed by atoms with Crippen LogP contribution in [0.2, 0.25) is 0 Å². The summed E-state index contributed by atoms with van der Waals surface area (Å²) in [4.78, 5) is 24.3. The third-order valence-corrected chi connectivity index (χ3v) is 7.56. The van der Waals surface area contributed by atoms with E-state index in [1.165, 1.54) is 36.7 Å². The third-order valence-electron chi connectivity index (χ3n) is 5.71. The minimum absolute atomic E-state index is 0.0126. The second-order valence-corrected chi connectivity index (χ2v) is 10.4. The summed E-state index contributed by atoms with van der Waals surface area (Å²) in [5.41, 5.74) is 1.42. The van der Waals surface area contributed by atoms with Crippen LogP contribution < -0.4 is 10.1 Å². The minimum atomic E-state index is -3.82. The topological polar surface area (TPSA) is 102 Å². The predicted molar refractivity (Wildman–Crippen MR) is 124 cm³/mol. The van der Waals surface area contributed by atoms with Gasteiger partial charge in [-0.3, -0.25) is 4.79 Å². The Kier molecular flexibility index (Phi) is 7.76. The molecule has 1 aliphatic heterocycles. The molecule has 0 aliphatic carbocycles. The lowest BCUT2D eigenvalue weighted by molar-refractivity contribution is 0.0600. The van der Waals surface area contributed by atoms with Crippen molar-refractivity contribution < 1.29 is 27.5 Å². The maximum Gasteiger partial charge on any atom is 0.337 e. The number of nitrogens with zero attached hydrogens (tertiary/aromatic N) is 1. The molecule has 1 saturated heterocycles. The van der Waals surface area contributed by atoms with E-state index in [2.05, 4.69) is 10.1 Å². The van der Waals surface area contributed by atoms with Gasteiger partial charge in [0.15, 0.2) is 0 Å². The Bertz CT molecular complexity index is 1100. The molecule has 9 heteroatoms. The van der Waals surface area contributed by atoms with Crippen molar-refractivity contribution in [3.63, 3.8) is 0 Å². The third kappa shape index (κ3) is 5.72. The summed E-state index contributed by atoms with van der Waals surface area (Å²) in [6.45, 7) is 5.17. The number of methoxy groups -OCH3 is 2. The van der Waals surface area contributed by atoms with E-state index in [4.69, 9.17) is 4.74 Å². The molecular weight excluding hydrogens is 444 g/mol. The molecule has 2 unspecified atom stereocenters. The van der Waals surface area contributed by atoms with Crippen molar-refractivity contribution in [2.45, 2.75) is 31.7 Å². The van der Waals surface area contributed by atoms with Crippen molar-refractivity contribution in [2.24, 2.45) is 11.8 Å². The second kappa shape index (κ2) is 10.4. The van der Waals surface area contributed by atoms with Crippen LogP contribution in [0.15, 0.2) is 47.4 Å². The number of hydrogen-bond donors (Lipinski definition) is 1. The molecule has 0 spiro atoms. The van der Waals surface area contributed by atoms with E-state index in [1.54, 1.807) is 24.3 Å². The summed E-state index contributed by atoms with van der Waals surface area (Å²) in [5.74, 6) is -0.129. The van der Waals surface area contributed by atoms with Crippen molar-refractivity contribution in [3.05, 3.63) is 59.2 Å². The van der Waals surface area contributed by atoms with Crippen molar-refractivity contribution >= 4 is 21.9 Å². The smallest absolute Gasteiger partial charge is 0.337 e. The van der Waals surface area contributed by atoms with Crippen molar-refractivity contribution in [2.75, 3.05) is 27.3 Å². The Labute approximate surface area is 194 Å². The molecule has 2 aromatic rings. The molecular formula is C24H30N2O6S. The molecule has 2 atom stereocenters. The minimum Gasteiger partial charge on any atom is -0.495 e. The number of nitrogens with one attached hydrogen (secondary N) is 1. The number of amides is 1. The van der Waals surface area contributed by atoms with Gasteiger partial charge in [0.25, 0.3) is 5.91 Å². The number of sulfonamides is 1. The van der Waals surface area contributed by atoms with E-state index in [-0.39, 0.29) is 34.6 Å². The van der Waals surface area contributed by atoms with Crippen LogP contribution in [0.1, 0.15) is 46.5 Å². The predicted octanol–water partition coefficient (Wildman–Crippen LogP) is 3.08. The lowest BCUT2D eigenvalue weighted by Gasteiger charge is -2.34. The normalized spacial score (nSPS) is 19.0. The number of benzene rings is 2. The first-order valence-electron chi connectivity index (χ1n) is 10.8. The largest absolute Gasteiger partial charge is 0.495 e. The SMILES string of the molecule is COC(=O)c1ccc(CNC(=O)c2ccc(OC)c(S(=O)(=O)N3CC(C)CC(C)C3)c2)cc1. The average molecular weight is 475 g/mol. The van der Waals surface area contributed by atoms with Crippen LogP contribution >= 0.6 is 0 Å². The van der Waals surface area contributed by atoms with E-state index < -0.39 is 21.9 Å². The van der Waals surface area contributed by atoms with E-state index >= 15 is 0 Å². The molecule has 33 heavy (non-hydrogen) atoms. The van der Waals surface area contributed by atoms with Crippen molar-refractivity contribution in [1.82, 2.24) is 9.62 Å². The molecule has 1 heterocycles. The van der Waals surface area contributed by atoms with Crippen LogP contribution in [0.4, 0.5) is 0 Å². The van der Waals surface area contributed by atoms with Crippen LogP contribution in [-0.2, 0) is 21.3 Å². The molecule has 2 aromatic carbocycles. The van der Waals surface area contributed by atoms with Gasteiger partial charge in [-0.05, 0) is 54.2 Å². The number of carbonyl (C=O) groups excluding carboxylic acids is 2. The Balaban J connectivity index is 1.78. The Morgan fingerprint density at radius 2 is 1.61 bits per heavy atom. The lowest BCUT2D eigenvalue weighted by Crippen LogP contribution is -2.42. The summed E-state index contributed by atoms with van der Waals surface area (Å²) >= 11 is 0. The van der Waals surface area contributed by atoms with Crippen LogP contribution in [0.3, 0.4) is 0 Å². The summed E-state index contributed by atoms with van der Waals surface area (Å²) in [7, 11) is -1.10. The Hall–Kier alpha value is -2.91. The number of esters is 1. The summed E-state index contributed by atoms with van der Waals surface area (Å²) in [6.07, 6.45) is 0.978. The highest BCUT2D eigenvalue weighted by atomic mass is 32.2. The zero-order chi connectivity index (χ0) is 24.2. The maximum absolute atomic E-state index is 13.4. The molecule has 8 nitrogen and oxygen atoms in total. The van der Waals surface area contributed by atoms with E-state index in [1.807, 2.05) is 13.8 Å². The molecule has 0 saturated carbocycles. The van der Waals surface area contributed by atoms with E-state index in [9.17, 15) is 18.0 Å². The molecule has 0 aromatic heterocycles. The number of piperidine rings is 1. The average Bonchev–Trinajstić information content (AvgIpc) is 2.81. The quantitative estimate of drug-likeness (QED) is 0.619. The van der Waals surface area contributed by atoms with Gasteiger partial charge >= 0.3 is 5.97 Å². The molecule has 0 radical (unpaired) electrons. The fraction of sp³-hybridized carbons (Fsp3) is 0.417. The van der Waals surface area contributed by atoms with Crippen molar-refractivity contribution in [3.8, 4) is 5.75 Å². The van der Waals surface area contributed by atoms with Crippen LogP contribution in [-0.4, -0.2) is 51.9 Å². The molecule has 1 aliphatic rings. The van der Waals surface area contributed by atoms with Gasteiger partial charge < -0.3 is 14.8 Å². The van der Waals surface area contributed by atoms with Crippen LogP contribution in [0, 0.1) is 11.8 Å². The zero-order valence-electron chi connectivity index (χ0n) is 19.3. The van der Waals surface area contributed by atoms with Crippen LogP contribution in [0.5, 0.6) is 5.75 Å². The molecule has 1 N–H and O–H groups in total. The Morgan fingerprint density at radius 1 is 1.00 bits per heavy atom. The van der Waals surface area contributed by atoms with Crippen molar-refractivity contribution in [1.29, 1.82) is 0 Å². The van der Waals surface area contributed by atoms with E-state index in [0.717, 1.165) is 12.0 Å². The molecule has 1 amide bonds. The standard InChI is InChI=1S/C24H30N2O6S/c1-16-11-17(2)15-26(14-16)33(29,30)22-12-20(9-10-21(22)31-3)23(27)25-13-18-5-7-19(8-6-18)24(28)32-4/h5-10,12,16-17H,11,13-15H2,1-4H3,(H,25,27). The highest BCUT2D eigenvalue weighted by Gasteiger charge is 2.34. The van der Waals surface area contributed by atoms with Gasteiger partial charge in [0.05, 0.1) is 19.8 Å². The van der Waals surface area contributed by atoms with Gasteiger partial charge in [0.1, 0.15) is 10.6 Å². The first-order valence-corrected chi connectivity index (χ1v) is 12.2. The second-order valence-electron chi connectivity index (χ2n) is 8.50. The van der Waals surface area contributed by atoms with Gasteiger partial charge in [-0.15, -0.1) is 0 Å². The van der Waals surface area contributed by atoms with Crippen LogP contribution in [0.25, 0.3) is 0 Å². The fourth-order valence-electron chi connectivity index (χ4n) is 4.12. The first kappa shape index (κ1) is 24.7. The molecule has 1 fully saturated rings. The molecule has 178 valence electrons. The number of rotatable bonds is 7. The highest BCUT2D eigenvalue weighted by Crippen LogP contribution is 2.32. The lowest BCUT2D eigenvalue weighted by atomic mass is 9.94. The monoisotopic (exact) mass is 474 g/mol. The van der Waals surface area contributed by atoms with Gasteiger partial charge in [-0.1, -0.05) is 26.0 Å². The number of ether oxygens (including phenoxy) is 2. The van der Waals surface area contributed by atoms with Gasteiger partial charge in [-0.25, -0.2) is 13.2 Å². The Morgan fingerprint density at radius 3 is 2.18 bits per heavy atom. The maximum atomic E-state index is 13.4. The molecule has 0 bridgehead atoms. The fourth-order valence-corrected chi connectivity index (χ4v) is 5.98. The highest BCUT2D eigenvalue weighted by molar-refractivity contribution is 7.89. The van der Waals surface area contributed by atoms with E-state index in [0.29, 0.717) is 18.7 Å². The summed E-state index contributed by atoms with van der Waals surface area (Å²) in [6, 6.07) is 11.1. The van der Waals surface area contributed by atoms with Gasteiger partial charge in [0, 0.05) is 25.2 Å². The first-order chi connectivity index (χ1) is 15.6. The molecule has 3 rings (SSSR count). The summed E-state index contributed by atoms with van der Waals surface area (Å²) < 4.78 is 38.3. The zero-order valence-corrected chi connectivity index (χ0v) is 20.1.